The van der Waals surface area contributed by atoms with Gasteiger partial charge in [-0.05, 0) is 12.8 Å². The van der Waals surface area contributed by atoms with Gasteiger partial charge in [-0.15, -0.1) is 0 Å². The van der Waals surface area contributed by atoms with Gasteiger partial charge in [0.25, 0.3) is 0 Å². The second-order valence-electron chi connectivity index (χ2n) is 5.49. The summed E-state index contributed by atoms with van der Waals surface area (Å²) in [6.45, 7) is -0.422. The lowest BCUT2D eigenvalue weighted by molar-refractivity contribution is -0.140. The quantitative estimate of drug-likeness (QED) is 0.305. The van der Waals surface area contributed by atoms with Crippen LogP contribution in [0, 0.1) is 0 Å². The predicted molar refractivity (Wildman–Crippen MR) is 76.1 cm³/mol. The second-order valence-corrected chi connectivity index (χ2v) is 5.49. The van der Waals surface area contributed by atoms with Crippen molar-refractivity contribution in [1.29, 1.82) is 0 Å². The number of carbonyl (C=O) groups excluding carboxylic acids is 2. The molecule has 1 aromatic heterocycles. The first-order chi connectivity index (χ1) is 11.3. The molecule has 0 saturated heterocycles. The van der Waals surface area contributed by atoms with Gasteiger partial charge in [0.2, 0.25) is 11.8 Å². The summed E-state index contributed by atoms with van der Waals surface area (Å²) in [6.07, 6.45) is 0.280. The van der Waals surface area contributed by atoms with Gasteiger partial charge in [0.05, 0.1) is 19.1 Å². The maximum Gasteiger partial charge on any atom is 0.329 e. The van der Waals surface area contributed by atoms with Gasteiger partial charge in [-0.3, -0.25) is 4.79 Å². The number of carbonyl (C=O) groups is 3. The van der Waals surface area contributed by atoms with Crippen LogP contribution in [0.15, 0.2) is 4.52 Å². The van der Waals surface area contributed by atoms with Gasteiger partial charge in [0, 0.05) is 0 Å². The molecule has 24 heavy (non-hydrogen) atoms. The molecule has 1 aromatic rings. The van der Waals surface area contributed by atoms with Crippen molar-refractivity contribution in [2.45, 2.75) is 36.9 Å². The summed E-state index contributed by atoms with van der Waals surface area (Å²) in [6, 6.07) is -2.75. The van der Waals surface area contributed by atoms with E-state index in [1.54, 1.807) is 0 Å². The van der Waals surface area contributed by atoms with Gasteiger partial charge in [0.1, 0.15) is 11.6 Å². The fourth-order valence-electron chi connectivity index (χ4n) is 1.95. The molecule has 12 nitrogen and oxygen atoms in total. The van der Waals surface area contributed by atoms with Crippen LogP contribution in [0.5, 0.6) is 0 Å². The number of nitrogens with two attached hydrogens (primary N) is 2. The molecular formula is C12H18N6O6. The fraction of sp³-hybridized carbons (Fsp3) is 0.583. The first-order valence-corrected chi connectivity index (χ1v) is 7.07. The van der Waals surface area contributed by atoms with E-state index in [-0.39, 0.29) is 18.1 Å². The van der Waals surface area contributed by atoms with Crippen molar-refractivity contribution in [1.82, 2.24) is 20.8 Å². The Morgan fingerprint density at radius 3 is 2.54 bits per heavy atom. The Labute approximate surface area is 135 Å². The highest BCUT2D eigenvalue weighted by molar-refractivity contribution is 5.89. The number of carboxylic acids is 1. The number of aromatic nitrogens is 2. The number of amides is 3. The Hall–Kier alpha value is -2.73. The van der Waals surface area contributed by atoms with Crippen molar-refractivity contribution in [3.05, 3.63) is 11.7 Å². The molecule has 0 unspecified atom stereocenters. The number of primary amides is 1. The van der Waals surface area contributed by atoms with E-state index in [9.17, 15) is 14.4 Å². The van der Waals surface area contributed by atoms with Crippen molar-refractivity contribution in [3.63, 3.8) is 0 Å². The maximum atomic E-state index is 12.0. The summed E-state index contributed by atoms with van der Waals surface area (Å²) in [5.74, 6) is -2.03. The number of nitrogens with one attached hydrogen (secondary N) is 2. The normalized spacial score (nSPS) is 17.6. The minimum Gasteiger partial charge on any atom is -0.480 e. The average Bonchev–Trinajstić information content (AvgIpc) is 3.12. The number of rotatable bonds is 8. The standard InChI is InChI=1S/C12H18N6O6/c13-5(4-19)8-16-9(24-18-8)6(3-7(14)20)15-11(23)17-12(1-2-12)10(21)22/h5-6,19H,1-4,13H2,(H2,14,20)(H,21,22)(H2,15,17,23)/t5-,6-/m0/s1. The van der Waals surface area contributed by atoms with Crippen molar-refractivity contribution in [3.8, 4) is 0 Å². The van der Waals surface area contributed by atoms with Crippen LogP contribution in [0.1, 0.15) is 43.1 Å². The van der Waals surface area contributed by atoms with E-state index in [1.807, 2.05) is 0 Å². The first-order valence-electron chi connectivity index (χ1n) is 7.07. The molecule has 0 aromatic carbocycles. The lowest BCUT2D eigenvalue weighted by Crippen LogP contribution is -2.49. The van der Waals surface area contributed by atoms with E-state index in [4.69, 9.17) is 26.2 Å². The van der Waals surface area contributed by atoms with Gasteiger partial charge >= 0.3 is 12.0 Å². The number of nitrogens with zero attached hydrogens (tertiary/aromatic N) is 2. The molecule has 0 bridgehead atoms. The number of aliphatic carboxylic acids is 1. The lowest BCUT2D eigenvalue weighted by Gasteiger charge is -2.17. The van der Waals surface area contributed by atoms with Crippen LogP contribution in [0.3, 0.4) is 0 Å². The Morgan fingerprint density at radius 2 is 2.04 bits per heavy atom. The monoisotopic (exact) mass is 342 g/mol. The van der Waals surface area contributed by atoms with Crippen molar-refractivity contribution < 1.29 is 29.1 Å². The Morgan fingerprint density at radius 1 is 1.38 bits per heavy atom. The topological polar surface area (TPSA) is 207 Å². The summed E-state index contributed by atoms with van der Waals surface area (Å²) >= 11 is 0. The molecule has 12 heteroatoms. The summed E-state index contributed by atoms with van der Waals surface area (Å²) in [5.41, 5.74) is 9.38. The van der Waals surface area contributed by atoms with Crippen LogP contribution in [-0.4, -0.2) is 50.4 Å². The highest BCUT2D eigenvalue weighted by atomic mass is 16.5. The molecule has 1 aliphatic rings. The molecule has 0 aliphatic heterocycles. The molecule has 1 heterocycles. The van der Waals surface area contributed by atoms with Crippen molar-refractivity contribution >= 4 is 17.9 Å². The zero-order chi connectivity index (χ0) is 17.9. The number of hydrogen-bond donors (Lipinski definition) is 6. The summed E-state index contributed by atoms with van der Waals surface area (Å²) in [4.78, 5) is 38.1. The molecule has 0 radical (unpaired) electrons. The second kappa shape index (κ2) is 6.80. The molecule has 0 spiro atoms. The van der Waals surface area contributed by atoms with Gasteiger partial charge < -0.3 is 36.8 Å². The third-order valence-electron chi connectivity index (χ3n) is 3.51. The number of carboxylic acid groups (broad SMARTS) is 1. The van der Waals surface area contributed by atoms with E-state index in [0.717, 1.165) is 0 Å². The predicted octanol–water partition coefficient (Wildman–Crippen LogP) is -2.11. The first kappa shape index (κ1) is 17.6. The highest BCUT2D eigenvalue weighted by Crippen LogP contribution is 2.35. The zero-order valence-corrected chi connectivity index (χ0v) is 12.6. The Kier molecular flexibility index (Phi) is 4.99. The summed E-state index contributed by atoms with van der Waals surface area (Å²) < 4.78 is 4.93. The zero-order valence-electron chi connectivity index (χ0n) is 12.6. The minimum atomic E-state index is -1.29. The number of aliphatic hydroxyl groups is 1. The average molecular weight is 342 g/mol. The molecule has 1 fully saturated rings. The smallest absolute Gasteiger partial charge is 0.329 e. The minimum absolute atomic E-state index is 0.00613. The van der Waals surface area contributed by atoms with Gasteiger partial charge in [-0.2, -0.15) is 4.98 Å². The molecule has 2 atom stereocenters. The molecule has 8 N–H and O–H groups in total. The van der Waals surface area contributed by atoms with Crippen LogP contribution in [-0.2, 0) is 9.59 Å². The van der Waals surface area contributed by atoms with Crippen LogP contribution < -0.4 is 22.1 Å². The fourth-order valence-corrected chi connectivity index (χ4v) is 1.95. The van der Waals surface area contributed by atoms with Crippen molar-refractivity contribution in [2.75, 3.05) is 6.61 Å². The van der Waals surface area contributed by atoms with Crippen LogP contribution in [0.2, 0.25) is 0 Å². The van der Waals surface area contributed by atoms with E-state index >= 15 is 0 Å². The van der Waals surface area contributed by atoms with E-state index in [1.165, 1.54) is 0 Å². The SMILES string of the molecule is NC(=O)C[C@H](NC(=O)NC1(C(=O)O)CC1)c1nc([C@@H](N)CO)no1. The van der Waals surface area contributed by atoms with Crippen LogP contribution in [0.4, 0.5) is 4.79 Å². The van der Waals surface area contributed by atoms with Crippen LogP contribution in [0.25, 0.3) is 0 Å². The van der Waals surface area contributed by atoms with Gasteiger partial charge in [-0.1, -0.05) is 5.16 Å². The van der Waals surface area contributed by atoms with E-state index in [2.05, 4.69) is 20.8 Å². The largest absolute Gasteiger partial charge is 0.480 e. The maximum absolute atomic E-state index is 12.0. The number of urea groups is 1. The summed E-state index contributed by atoms with van der Waals surface area (Å²) in [7, 11) is 0. The van der Waals surface area contributed by atoms with Crippen LogP contribution >= 0.6 is 0 Å². The third kappa shape index (κ3) is 3.97. The number of aliphatic hydroxyl groups excluding tert-OH is 1. The molecule has 132 valence electrons. The summed E-state index contributed by atoms with van der Waals surface area (Å²) in [5, 5.41) is 26.2. The molecule has 3 amide bonds. The van der Waals surface area contributed by atoms with Crippen molar-refractivity contribution in [2.24, 2.45) is 11.5 Å². The van der Waals surface area contributed by atoms with Gasteiger partial charge in [-0.25, -0.2) is 9.59 Å². The Balaban J connectivity index is 2.08. The van der Waals surface area contributed by atoms with E-state index in [0.29, 0.717) is 12.8 Å². The molecule has 1 aliphatic carbocycles. The molecule has 2 rings (SSSR count). The lowest BCUT2D eigenvalue weighted by atomic mass is 10.2. The molecule has 1 saturated carbocycles. The highest BCUT2D eigenvalue weighted by Gasteiger charge is 2.52. The van der Waals surface area contributed by atoms with Gasteiger partial charge in [0.15, 0.2) is 5.82 Å². The van der Waals surface area contributed by atoms with E-state index < -0.39 is 42.1 Å². The number of hydrogen-bond acceptors (Lipinski definition) is 8. The third-order valence-corrected chi connectivity index (χ3v) is 3.51. The Bertz CT molecular complexity index is 642. The molecular weight excluding hydrogens is 324 g/mol.